The van der Waals surface area contributed by atoms with Crippen LogP contribution in [0.1, 0.15) is 10.6 Å². The van der Waals surface area contributed by atoms with E-state index < -0.39 is 0 Å². The number of nitrogens with zero attached hydrogens (tertiary/aromatic N) is 2. The molecule has 25 heavy (non-hydrogen) atoms. The maximum Gasteiger partial charge on any atom is 0.203 e. The zero-order valence-electron chi connectivity index (χ0n) is 14.1. The molecule has 6 heteroatoms. The van der Waals surface area contributed by atoms with Crippen LogP contribution in [0.5, 0.6) is 17.2 Å². The largest absolute Gasteiger partial charge is 0.493 e. The van der Waals surface area contributed by atoms with Crippen molar-refractivity contribution < 1.29 is 14.2 Å². The molecule has 0 aliphatic rings. The molecule has 0 aliphatic heterocycles. The van der Waals surface area contributed by atoms with Gasteiger partial charge in [-0.2, -0.15) is 5.26 Å². The highest BCUT2D eigenvalue weighted by Crippen LogP contribution is 2.41. The highest BCUT2D eigenvalue weighted by molar-refractivity contribution is 7.19. The fourth-order valence-corrected chi connectivity index (χ4v) is 3.45. The molecular formula is C19H16N2O3S. The van der Waals surface area contributed by atoms with Gasteiger partial charge in [0, 0.05) is 5.56 Å². The number of methoxy groups -OCH3 is 3. The van der Waals surface area contributed by atoms with Crippen molar-refractivity contribution in [2.24, 2.45) is 0 Å². The van der Waals surface area contributed by atoms with E-state index in [0.29, 0.717) is 27.8 Å². The van der Waals surface area contributed by atoms with E-state index in [1.807, 2.05) is 30.3 Å². The van der Waals surface area contributed by atoms with E-state index in [4.69, 9.17) is 14.2 Å². The number of thiazole rings is 1. The molecule has 0 N–H and O–H groups in total. The predicted octanol–water partition coefficient (Wildman–Crippen LogP) is 4.39. The molecule has 0 amide bonds. The van der Waals surface area contributed by atoms with Gasteiger partial charge in [-0.3, -0.25) is 0 Å². The summed E-state index contributed by atoms with van der Waals surface area (Å²) in [6, 6.07) is 13.6. The Bertz CT molecular complexity index is 953. The zero-order valence-corrected chi connectivity index (χ0v) is 14.9. The lowest BCUT2D eigenvalue weighted by Crippen LogP contribution is -1.97. The monoisotopic (exact) mass is 352 g/mol. The number of allylic oxidation sites excluding steroid dienone is 1. The molecule has 126 valence electrons. The Morgan fingerprint density at radius 3 is 2.44 bits per heavy atom. The molecule has 3 aromatic rings. The molecule has 5 nitrogen and oxygen atoms in total. The van der Waals surface area contributed by atoms with Gasteiger partial charge in [0.25, 0.3) is 0 Å². The second-order valence-corrected chi connectivity index (χ2v) is 6.11. The zero-order chi connectivity index (χ0) is 17.8. The first-order chi connectivity index (χ1) is 12.2. The Balaban J connectivity index is 2.13. The summed E-state index contributed by atoms with van der Waals surface area (Å²) in [6.45, 7) is 0. The summed E-state index contributed by atoms with van der Waals surface area (Å²) in [5, 5.41) is 10.3. The Hall–Kier alpha value is -3.04. The van der Waals surface area contributed by atoms with Gasteiger partial charge in [-0.05, 0) is 30.3 Å². The van der Waals surface area contributed by atoms with Crippen LogP contribution in [0.3, 0.4) is 0 Å². The molecule has 0 saturated heterocycles. The highest BCUT2D eigenvalue weighted by Gasteiger charge is 2.16. The third-order valence-corrected chi connectivity index (χ3v) is 4.75. The van der Waals surface area contributed by atoms with Gasteiger partial charge in [-0.25, -0.2) is 4.98 Å². The maximum absolute atomic E-state index is 9.61. The van der Waals surface area contributed by atoms with E-state index >= 15 is 0 Å². The van der Waals surface area contributed by atoms with E-state index in [1.165, 1.54) is 11.3 Å². The van der Waals surface area contributed by atoms with Crippen molar-refractivity contribution in [2.45, 2.75) is 0 Å². The summed E-state index contributed by atoms with van der Waals surface area (Å²) in [5.41, 5.74) is 2.06. The minimum atomic E-state index is 0.465. The van der Waals surface area contributed by atoms with Gasteiger partial charge in [-0.15, -0.1) is 11.3 Å². The van der Waals surface area contributed by atoms with Crippen LogP contribution in [0.4, 0.5) is 0 Å². The smallest absolute Gasteiger partial charge is 0.203 e. The maximum atomic E-state index is 9.61. The van der Waals surface area contributed by atoms with Crippen LogP contribution in [0.25, 0.3) is 21.9 Å². The number of para-hydroxylation sites is 1. The van der Waals surface area contributed by atoms with E-state index in [-0.39, 0.29) is 0 Å². The molecular weight excluding hydrogens is 336 g/mol. The van der Waals surface area contributed by atoms with Gasteiger partial charge in [0.15, 0.2) is 11.5 Å². The van der Waals surface area contributed by atoms with Crippen molar-refractivity contribution in [3.63, 3.8) is 0 Å². The molecule has 0 aliphatic carbocycles. The number of aromatic nitrogens is 1. The molecule has 1 aromatic heterocycles. The summed E-state index contributed by atoms with van der Waals surface area (Å²) in [4.78, 5) is 4.54. The second kappa shape index (κ2) is 7.24. The Kier molecular flexibility index (Phi) is 4.87. The normalized spacial score (nSPS) is 11.2. The number of ether oxygens (including phenoxy) is 3. The van der Waals surface area contributed by atoms with Gasteiger partial charge in [-0.1, -0.05) is 12.1 Å². The highest BCUT2D eigenvalue weighted by atomic mass is 32.1. The van der Waals surface area contributed by atoms with Crippen molar-refractivity contribution >= 4 is 33.2 Å². The number of benzene rings is 2. The van der Waals surface area contributed by atoms with Gasteiger partial charge < -0.3 is 14.2 Å². The predicted molar refractivity (Wildman–Crippen MR) is 99.2 cm³/mol. The van der Waals surface area contributed by atoms with Crippen molar-refractivity contribution in [3.05, 3.63) is 47.0 Å². The average Bonchev–Trinajstić information content (AvgIpc) is 3.09. The van der Waals surface area contributed by atoms with Gasteiger partial charge in [0.2, 0.25) is 5.75 Å². The third-order valence-electron chi connectivity index (χ3n) is 3.68. The average molecular weight is 352 g/mol. The number of fused-ring (bicyclic) bond motifs is 1. The Morgan fingerprint density at radius 1 is 1.04 bits per heavy atom. The van der Waals surface area contributed by atoms with Crippen molar-refractivity contribution in [1.82, 2.24) is 4.98 Å². The lowest BCUT2D eigenvalue weighted by Gasteiger charge is -2.14. The molecule has 2 aromatic carbocycles. The van der Waals surface area contributed by atoms with Crippen LogP contribution in [-0.4, -0.2) is 26.3 Å². The lowest BCUT2D eigenvalue weighted by molar-refractivity contribution is 0.324. The first-order valence-electron chi connectivity index (χ1n) is 7.48. The topological polar surface area (TPSA) is 64.4 Å². The van der Waals surface area contributed by atoms with Crippen LogP contribution in [-0.2, 0) is 0 Å². The number of rotatable bonds is 5. The fourth-order valence-electron chi connectivity index (χ4n) is 2.52. The number of nitriles is 1. The van der Waals surface area contributed by atoms with E-state index in [9.17, 15) is 5.26 Å². The number of hydrogen-bond donors (Lipinski definition) is 0. The quantitative estimate of drug-likeness (QED) is 0.637. The van der Waals surface area contributed by atoms with Gasteiger partial charge >= 0.3 is 0 Å². The van der Waals surface area contributed by atoms with Crippen LogP contribution in [0.2, 0.25) is 0 Å². The number of hydrogen-bond acceptors (Lipinski definition) is 6. The van der Waals surface area contributed by atoms with E-state index in [2.05, 4.69) is 11.1 Å². The molecule has 0 saturated carbocycles. The summed E-state index contributed by atoms with van der Waals surface area (Å²) in [6.07, 6.45) is 1.75. The van der Waals surface area contributed by atoms with Crippen LogP contribution in [0.15, 0.2) is 36.4 Å². The lowest BCUT2D eigenvalue weighted by atomic mass is 10.1. The molecule has 0 bridgehead atoms. The van der Waals surface area contributed by atoms with Gasteiger partial charge in [0.05, 0.1) is 37.1 Å². The standard InChI is InChI=1S/C19H16N2O3S/c1-22-15-9-8-12(17(23-2)18(15)24-3)10-13(11-20)19-21-14-6-4-5-7-16(14)25-19/h4-10H,1-3H3. The molecule has 3 rings (SSSR count). The summed E-state index contributed by atoms with van der Waals surface area (Å²) >= 11 is 1.48. The van der Waals surface area contributed by atoms with E-state index in [0.717, 1.165) is 15.8 Å². The summed E-state index contributed by atoms with van der Waals surface area (Å²) < 4.78 is 17.2. The van der Waals surface area contributed by atoms with Crippen molar-refractivity contribution in [2.75, 3.05) is 21.3 Å². The molecule has 0 radical (unpaired) electrons. The minimum absolute atomic E-state index is 0.465. The summed E-state index contributed by atoms with van der Waals surface area (Å²) in [7, 11) is 4.67. The molecule has 1 heterocycles. The third kappa shape index (κ3) is 3.14. The molecule has 0 unspecified atom stereocenters. The van der Waals surface area contributed by atoms with Crippen molar-refractivity contribution in [3.8, 4) is 23.3 Å². The molecule has 0 atom stereocenters. The molecule has 0 spiro atoms. The minimum Gasteiger partial charge on any atom is -0.493 e. The first kappa shape index (κ1) is 16.8. The Morgan fingerprint density at radius 2 is 1.80 bits per heavy atom. The van der Waals surface area contributed by atoms with Gasteiger partial charge in [0.1, 0.15) is 11.1 Å². The van der Waals surface area contributed by atoms with Crippen LogP contribution < -0.4 is 14.2 Å². The fraction of sp³-hybridized carbons (Fsp3) is 0.158. The second-order valence-electron chi connectivity index (χ2n) is 5.08. The first-order valence-corrected chi connectivity index (χ1v) is 8.30. The van der Waals surface area contributed by atoms with Crippen molar-refractivity contribution in [1.29, 1.82) is 5.26 Å². The van der Waals surface area contributed by atoms with E-state index in [1.54, 1.807) is 33.5 Å². The van der Waals surface area contributed by atoms with Crippen LogP contribution >= 0.6 is 11.3 Å². The Labute approximate surface area is 149 Å². The summed E-state index contributed by atoms with van der Waals surface area (Å²) in [5.74, 6) is 1.56. The van der Waals surface area contributed by atoms with Crippen LogP contribution in [0, 0.1) is 11.3 Å². The molecule has 0 fully saturated rings. The SMILES string of the molecule is COc1ccc(C=C(C#N)c2nc3ccccc3s2)c(OC)c1OC.